The summed E-state index contributed by atoms with van der Waals surface area (Å²) in [4.78, 5) is 12.8. The molecule has 0 aromatic rings. The van der Waals surface area contributed by atoms with Gasteiger partial charge in [0.15, 0.2) is 0 Å². The van der Waals surface area contributed by atoms with Gasteiger partial charge in [-0.1, -0.05) is 0 Å². The van der Waals surface area contributed by atoms with E-state index in [0.717, 1.165) is 26.2 Å². The molecule has 0 aromatic carbocycles. The smallest absolute Gasteiger partial charge is 0.225 e. The van der Waals surface area contributed by atoms with Crippen molar-refractivity contribution in [3.63, 3.8) is 0 Å². The Morgan fingerprint density at radius 2 is 2.00 bits per heavy atom. The molecule has 1 heterocycles. The molecule has 1 saturated heterocycles. The summed E-state index contributed by atoms with van der Waals surface area (Å²) >= 11 is 0. The first-order valence-electron chi connectivity index (χ1n) is 3.91. The quantitative estimate of drug-likeness (QED) is 0.572. The molecule has 1 radical (unpaired) electrons. The molecule has 0 saturated carbocycles. The molecule has 4 nitrogen and oxygen atoms in total. The lowest BCUT2D eigenvalue weighted by atomic mass is 10.3. The first-order chi connectivity index (χ1) is 5.34. The van der Waals surface area contributed by atoms with Crippen LogP contribution in [0.25, 0.3) is 0 Å². The van der Waals surface area contributed by atoms with Gasteiger partial charge in [0.2, 0.25) is 5.91 Å². The van der Waals surface area contributed by atoms with Gasteiger partial charge in [-0.3, -0.25) is 4.79 Å². The highest BCUT2D eigenvalue weighted by atomic mass is 16.3. The summed E-state index contributed by atoms with van der Waals surface area (Å²) < 4.78 is 0. The number of carbonyl (C=O) groups is 1. The topological polar surface area (TPSA) is 52.2 Å². The number of piperazine rings is 1. The van der Waals surface area contributed by atoms with Crippen LogP contribution in [-0.2, 0) is 9.90 Å². The highest BCUT2D eigenvalue weighted by Crippen LogP contribution is 1.95. The predicted molar refractivity (Wildman–Crippen MR) is 39.6 cm³/mol. The largest absolute Gasteiger partial charge is 0.340 e. The van der Waals surface area contributed by atoms with Crippen LogP contribution in [-0.4, -0.2) is 43.6 Å². The summed E-state index contributed by atoms with van der Waals surface area (Å²) in [5.41, 5.74) is 0. The van der Waals surface area contributed by atoms with Crippen molar-refractivity contribution in [2.24, 2.45) is 0 Å². The number of nitrogens with zero attached hydrogens (tertiary/aromatic N) is 1. The van der Waals surface area contributed by atoms with E-state index < -0.39 is 0 Å². The fourth-order valence-corrected chi connectivity index (χ4v) is 1.16. The molecule has 63 valence electrons. The van der Waals surface area contributed by atoms with Crippen LogP contribution in [0.4, 0.5) is 0 Å². The zero-order chi connectivity index (χ0) is 8.10. The molecule has 0 aromatic heterocycles. The van der Waals surface area contributed by atoms with Gasteiger partial charge >= 0.3 is 0 Å². The van der Waals surface area contributed by atoms with Crippen molar-refractivity contribution >= 4 is 5.91 Å². The Hall–Kier alpha value is -0.610. The first-order valence-corrected chi connectivity index (χ1v) is 3.91. The van der Waals surface area contributed by atoms with E-state index >= 15 is 0 Å². The van der Waals surface area contributed by atoms with Gasteiger partial charge in [0.1, 0.15) is 0 Å². The van der Waals surface area contributed by atoms with Crippen molar-refractivity contribution in [2.75, 3.05) is 32.8 Å². The van der Waals surface area contributed by atoms with E-state index in [4.69, 9.17) is 0 Å². The Morgan fingerprint density at radius 3 is 2.55 bits per heavy atom. The maximum atomic E-state index is 11.1. The maximum Gasteiger partial charge on any atom is 0.225 e. The monoisotopic (exact) mass is 157 g/mol. The van der Waals surface area contributed by atoms with Gasteiger partial charge in [-0.25, -0.2) is 5.11 Å². The van der Waals surface area contributed by atoms with E-state index in [-0.39, 0.29) is 18.9 Å². The molecule has 1 fully saturated rings. The van der Waals surface area contributed by atoms with Gasteiger partial charge in [0, 0.05) is 26.2 Å². The molecular formula is C7H13N2O2. The summed E-state index contributed by atoms with van der Waals surface area (Å²) in [6.45, 7) is 2.91. The molecule has 1 aliphatic heterocycles. The zero-order valence-electron chi connectivity index (χ0n) is 6.51. The van der Waals surface area contributed by atoms with Gasteiger partial charge in [-0.15, -0.1) is 0 Å². The zero-order valence-corrected chi connectivity index (χ0v) is 6.51. The van der Waals surface area contributed by atoms with Crippen molar-refractivity contribution in [2.45, 2.75) is 6.42 Å². The van der Waals surface area contributed by atoms with Crippen LogP contribution < -0.4 is 5.32 Å². The molecule has 0 atom stereocenters. The van der Waals surface area contributed by atoms with Crippen LogP contribution in [0.2, 0.25) is 0 Å². The summed E-state index contributed by atoms with van der Waals surface area (Å²) in [5, 5.41) is 13.3. The highest BCUT2D eigenvalue weighted by molar-refractivity contribution is 5.76. The fraction of sp³-hybridized carbons (Fsp3) is 0.857. The normalized spacial score (nSPS) is 18.5. The average molecular weight is 157 g/mol. The number of nitrogens with one attached hydrogen (secondary N) is 1. The molecule has 1 amide bonds. The number of rotatable bonds is 2. The van der Waals surface area contributed by atoms with Crippen LogP contribution >= 0.6 is 0 Å². The molecule has 0 spiro atoms. The highest BCUT2D eigenvalue weighted by Gasteiger charge is 2.14. The Labute approximate surface area is 66.2 Å². The number of hydrogen-bond donors (Lipinski definition) is 1. The van der Waals surface area contributed by atoms with Crippen molar-refractivity contribution in [3.8, 4) is 0 Å². The van der Waals surface area contributed by atoms with Gasteiger partial charge in [-0.05, 0) is 0 Å². The molecule has 0 aliphatic carbocycles. The van der Waals surface area contributed by atoms with Crippen molar-refractivity contribution in [3.05, 3.63) is 0 Å². The maximum absolute atomic E-state index is 11.1. The Morgan fingerprint density at radius 1 is 1.36 bits per heavy atom. The molecule has 11 heavy (non-hydrogen) atoms. The lowest BCUT2D eigenvalue weighted by Gasteiger charge is -2.27. The second-order valence-corrected chi connectivity index (χ2v) is 2.58. The Balaban J connectivity index is 2.27. The number of amides is 1. The standard InChI is InChI=1S/C7H13N2O2/c10-6-1-7(11)9-4-2-8-3-5-9/h8H,1-6H2. The second-order valence-electron chi connectivity index (χ2n) is 2.58. The van der Waals surface area contributed by atoms with E-state index in [1.54, 1.807) is 4.90 Å². The molecule has 1 rings (SSSR count). The Bertz CT molecular complexity index is 132. The minimum absolute atomic E-state index is 0.00139. The Kier molecular flexibility index (Phi) is 3.32. The van der Waals surface area contributed by atoms with Gasteiger partial charge in [-0.2, -0.15) is 0 Å². The molecule has 4 heteroatoms. The number of carbonyl (C=O) groups excluding carboxylic acids is 1. The van der Waals surface area contributed by atoms with Crippen molar-refractivity contribution in [1.29, 1.82) is 0 Å². The van der Waals surface area contributed by atoms with Crippen LogP contribution in [0.1, 0.15) is 6.42 Å². The van der Waals surface area contributed by atoms with Gasteiger partial charge < -0.3 is 10.2 Å². The summed E-state index contributed by atoms with van der Waals surface area (Å²) in [6, 6.07) is 0. The third-order valence-electron chi connectivity index (χ3n) is 1.79. The summed E-state index contributed by atoms with van der Waals surface area (Å²) in [6.07, 6.45) is 0.153. The first kappa shape index (κ1) is 8.49. The molecule has 0 unspecified atom stereocenters. The van der Waals surface area contributed by atoms with Crippen LogP contribution in [0.3, 0.4) is 0 Å². The lowest BCUT2D eigenvalue weighted by Crippen LogP contribution is -2.46. The van der Waals surface area contributed by atoms with Crippen LogP contribution in [0.15, 0.2) is 0 Å². The summed E-state index contributed by atoms with van der Waals surface area (Å²) in [7, 11) is 0. The van der Waals surface area contributed by atoms with E-state index in [0.29, 0.717) is 0 Å². The average Bonchev–Trinajstić information content (AvgIpc) is 2.07. The SMILES string of the molecule is [O]CCC(=O)N1CCNCC1. The van der Waals surface area contributed by atoms with E-state index in [1.807, 2.05) is 0 Å². The van der Waals surface area contributed by atoms with E-state index in [1.165, 1.54) is 0 Å². The second kappa shape index (κ2) is 4.31. The van der Waals surface area contributed by atoms with E-state index in [9.17, 15) is 9.90 Å². The minimum atomic E-state index is -0.289. The number of hydrogen-bond acceptors (Lipinski definition) is 2. The molecule has 0 bridgehead atoms. The third-order valence-corrected chi connectivity index (χ3v) is 1.79. The molecule has 1 aliphatic rings. The third kappa shape index (κ3) is 2.48. The minimum Gasteiger partial charge on any atom is -0.340 e. The van der Waals surface area contributed by atoms with Crippen LogP contribution in [0, 0.1) is 0 Å². The predicted octanol–water partition coefficient (Wildman–Crippen LogP) is -0.761. The van der Waals surface area contributed by atoms with Gasteiger partial charge in [0.25, 0.3) is 0 Å². The fourth-order valence-electron chi connectivity index (χ4n) is 1.16. The summed E-state index contributed by atoms with van der Waals surface area (Å²) in [5.74, 6) is 0.00139. The molecular weight excluding hydrogens is 144 g/mol. The van der Waals surface area contributed by atoms with Gasteiger partial charge in [0.05, 0.1) is 13.0 Å². The lowest BCUT2D eigenvalue weighted by molar-refractivity contribution is -0.132. The van der Waals surface area contributed by atoms with Crippen molar-refractivity contribution < 1.29 is 9.90 Å². The molecule has 1 N–H and O–H groups in total. The van der Waals surface area contributed by atoms with Crippen molar-refractivity contribution in [1.82, 2.24) is 10.2 Å². The van der Waals surface area contributed by atoms with E-state index in [2.05, 4.69) is 5.32 Å². The van der Waals surface area contributed by atoms with Crippen LogP contribution in [0.5, 0.6) is 0 Å².